The molecule has 2 amide bonds. The molecule has 2 fully saturated rings. The topological polar surface area (TPSA) is 69.6 Å². The van der Waals surface area contributed by atoms with Crippen molar-refractivity contribution in [1.82, 2.24) is 10.2 Å². The van der Waals surface area contributed by atoms with Crippen LogP contribution in [0.4, 0.5) is 0 Å². The van der Waals surface area contributed by atoms with E-state index >= 15 is 0 Å². The lowest BCUT2D eigenvalue weighted by Crippen LogP contribution is -2.52. The number of carbonyl (C=O) groups is 2. The summed E-state index contributed by atoms with van der Waals surface area (Å²) >= 11 is 0. The Morgan fingerprint density at radius 1 is 1.44 bits per heavy atom. The molecule has 0 aromatic rings. The van der Waals surface area contributed by atoms with Gasteiger partial charge in [-0.15, -0.1) is 0 Å². The van der Waals surface area contributed by atoms with Gasteiger partial charge in [0.1, 0.15) is 6.04 Å². The van der Waals surface area contributed by atoms with Crippen molar-refractivity contribution in [2.45, 2.75) is 44.2 Å². The molecule has 2 aliphatic heterocycles. The lowest BCUT2D eigenvalue weighted by Gasteiger charge is -2.36. The third-order valence-electron chi connectivity index (χ3n) is 3.41. The maximum atomic E-state index is 12.1. The van der Waals surface area contributed by atoms with Gasteiger partial charge in [0.15, 0.2) is 0 Å². The largest absolute Gasteiger partial charge is 0.394 e. The fourth-order valence-electron chi connectivity index (χ4n) is 2.48. The highest BCUT2D eigenvalue weighted by atomic mass is 16.3. The van der Waals surface area contributed by atoms with E-state index in [1.165, 1.54) is 0 Å². The molecule has 2 saturated heterocycles. The number of likely N-dealkylation sites (tertiary alicyclic amines) is 1. The minimum absolute atomic E-state index is 0.0202. The highest BCUT2D eigenvalue weighted by Crippen LogP contribution is 2.19. The molecule has 0 radical (unpaired) electrons. The molecule has 0 saturated carbocycles. The van der Waals surface area contributed by atoms with Gasteiger partial charge in [-0.25, -0.2) is 0 Å². The number of nitrogens with zero attached hydrogens (tertiary/aromatic N) is 1. The van der Waals surface area contributed by atoms with Gasteiger partial charge in [0, 0.05) is 13.0 Å². The molecule has 0 aromatic carbocycles. The number of rotatable bonds is 2. The van der Waals surface area contributed by atoms with Crippen molar-refractivity contribution in [3.63, 3.8) is 0 Å². The molecule has 5 nitrogen and oxygen atoms in total. The fraction of sp³-hybridized carbons (Fsp3) is 0.818. The second-order valence-electron chi connectivity index (χ2n) is 4.52. The molecule has 16 heavy (non-hydrogen) atoms. The first-order chi connectivity index (χ1) is 7.72. The SMILES string of the molecule is O=C1CCC(C(=O)N2CCCCC2CO)N1. The van der Waals surface area contributed by atoms with E-state index in [1.54, 1.807) is 4.90 Å². The second-order valence-corrected chi connectivity index (χ2v) is 4.52. The Labute approximate surface area is 94.8 Å². The van der Waals surface area contributed by atoms with Crippen LogP contribution in [-0.2, 0) is 9.59 Å². The van der Waals surface area contributed by atoms with E-state index < -0.39 is 0 Å². The van der Waals surface area contributed by atoms with Gasteiger partial charge in [-0.05, 0) is 25.7 Å². The Kier molecular flexibility index (Phi) is 3.43. The van der Waals surface area contributed by atoms with E-state index in [2.05, 4.69) is 5.32 Å². The van der Waals surface area contributed by atoms with Crippen molar-refractivity contribution < 1.29 is 14.7 Å². The first kappa shape index (κ1) is 11.4. The van der Waals surface area contributed by atoms with E-state index in [0.717, 1.165) is 19.3 Å². The summed E-state index contributed by atoms with van der Waals surface area (Å²) in [7, 11) is 0. The highest BCUT2D eigenvalue weighted by Gasteiger charge is 2.34. The lowest BCUT2D eigenvalue weighted by molar-refractivity contribution is -0.138. The van der Waals surface area contributed by atoms with Gasteiger partial charge in [-0.1, -0.05) is 0 Å². The minimum Gasteiger partial charge on any atom is -0.394 e. The zero-order valence-electron chi connectivity index (χ0n) is 9.32. The van der Waals surface area contributed by atoms with Gasteiger partial charge in [-0.2, -0.15) is 0 Å². The smallest absolute Gasteiger partial charge is 0.245 e. The molecule has 0 spiro atoms. The van der Waals surface area contributed by atoms with Crippen molar-refractivity contribution in [3.05, 3.63) is 0 Å². The maximum Gasteiger partial charge on any atom is 0.245 e. The standard InChI is InChI=1S/C11H18N2O3/c14-7-8-3-1-2-6-13(8)11(16)9-4-5-10(15)12-9/h8-9,14H,1-7H2,(H,12,15). The zero-order chi connectivity index (χ0) is 11.5. The number of amides is 2. The number of nitrogens with one attached hydrogen (secondary N) is 1. The molecule has 2 atom stereocenters. The Morgan fingerprint density at radius 3 is 2.88 bits per heavy atom. The molecular weight excluding hydrogens is 208 g/mol. The van der Waals surface area contributed by atoms with Crippen LogP contribution >= 0.6 is 0 Å². The maximum absolute atomic E-state index is 12.1. The first-order valence-electron chi connectivity index (χ1n) is 5.93. The third kappa shape index (κ3) is 2.19. The van der Waals surface area contributed by atoms with Crippen molar-refractivity contribution in [1.29, 1.82) is 0 Å². The lowest BCUT2D eigenvalue weighted by atomic mass is 10.0. The zero-order valence-corrected chi connectivity index (χ0v) is 9.32. The van der Waals surface area contributed by atoms with Crippen LogP contribution in [0.25, 0.3) is 0 Å². The van der Waals surface area contributed by atoms with E-state index in [4.69, 9.17) is 0 Å². The molecule has 5 heteroatoms. The highest BCUT2D eigenvalue weighted by molar-refractivity contribution is 5.91. The Balaban J connectivity index is 1.99. The van der Waals surface area contributed by atoms with Crippen LogP contribution in [0.1, 0.15) is 32.1 Å². The molecule has 2 heterocycles. The summed E-state index contributed by atoms with van der Waals surface area (Å²) in [4.78, 5) is 24.9. The molecule has 2 rings (SSSR count). The second kappa shape index (κ2) is 4.82. The molecule has 0 aliphatic carbocycles. The van der Waals surface area contributed by atoms with Crippen LogP contribution < -0.4 is 5.32 Å². The number of hydrogen-bond donors (Lipinski definition) is 2. The van der Waals surface area contributed by atoms with Crippen LogP contribution in [0.15, 0.2) is 0 Å². The molecule has 2 unspecified atom stereocenters. The summed E-state index contributed by atoms with van der Waals surface area (Å²) in [6.07, 6.45) is 3.94. The van der Waals surface area contributed by atoms with Gasteiger partial charge in [0.2, 0.25) is 11.8 Å². The van der Waals surface area contributed by atoms with Crippen LogP contribution in [0.2, 0.25) is 0 Å². The van der Waals surface area contributed by atoms with Gasteiger partial charge >= 0.3 is 0 Å². The van der Waals surface area contributed by atoms with Crippen LogP contribution in [0, 0.1) is 0 Å². The molecule has 90 valence electrons. The average molecular weight is 226 g/mol. The summed E-state index contributed by atoms with van der Waals surface area (Å²) in [5, 5.41) is 11.9. The van der Waals surface area contributed by atoms with E-state index in [0.29, 0.717) is 19.4 Å². The number of aliphatic hydroxyl groups excluding tert-OH is 1. The summed E-state index contributed by atoms with van der Waals surface area (Å²) in [5.41, 5.74) is 0. The minimum atomic E-state index is -0.361. The van der Waals surface area contributed by atoms with Gasteiger partial charge < -0.3 is 15.3 Å². The third-order valence-corrected chi connectivity index (χ3v) is 3.41. The van der Waals surface area contributed by atoms with Crippen molar-refractivity contribution in [2.75, 3.05) is 13.2 Å². The van der Waals surface area contributed by atoms with Crippen molar-refractivity contribution >= 4 is 11.8 Å². The summed E-state index contributed by atoms with van der Waals surface area (Å²) in [5.74, 6) is -0.0690. The van der Waals surface area contributed by atoms with E-state index in [-0.39, 0.29) is 30.5 Å². The molecular formula is C11H18N2O3. The van der Waals surface area contributed by atoms with Crippen LogP contribution in [-0.4, -0.2) is 47.1 Å². The predicted molar refractivity (Wildman–Crippen MR) is 57.6 cm³/mol. The molecule has 2 N–H and O–H groups in total. The number of aliphatic hydroxyl groups is 1. The normalized spacial score (nSPS) is 30.3. The average Bonchev–Trinajstić information content (AvgIpc) is 2.75. The quantitative estimate of drug-likeness (QED) is 0.675. The van der Waals surface area contributed by atoms with E-state index in [9.17, 15) is 14.7 Å². The number of piperidine rings is 1. The molecule has 2 aliphatic rings. The van der Waals surface area contributed by atoms with Gasteiger partial charge in [0.05, 0.1) is 12.6 Å². The summed E-state index contributed by atoms with van der Waals surface area (Å²) < 4.78 is 0. The Hall–Kier alpha value is -1.10. The van der Waals surface area contributed by atoms with Crippen LogP contribution in [0.3, 0.4) is 0 Å². The van der Waals surface area contributed by atoms with Crippen molar-refractivity contribution in [3.8, 4) is 0 Å². The Bertz CT molecular complexity index is 293. The Morgan fingerprint density at radius 2 is 2.25 bits per heavy atom. The molecule has 0 aromatic heterocycles. The number of hydrogen-bond acceptors (Lipinski definition) is 3. The van der Waals surface area contributed by atoms with Gasteiger partial charge in [0.25, 0.3) is 0 Å². The molecule has 0 bridgehead atoms. The van der Waals surface area contributed by atoms with Crippen molar-refractivity contribution in [2.24, 2.45) is 0 Å². The van der Waals surface area contributed by atoms with Gasteiger partial charge in [-0.3, -0.25) is 9.59 Å². The predicted octanol–water partition coefficient (Wildman–Crippen LogP) is -0.362. The summed E-state index contributed by atoms with van der Waals surface area (Å²) in [6, 6.07) is -0.418. The van der Waals surface area contributed by atoms with E-state index in [1.807, 2.05) is 0 Å². The number of carbonyl (C=O) groups excluding carboxylic acids is 2. The fourth-order valence-corrected chi connectivity index (χ4v) is 2.48. The van der Waals surface area contributed by atoms with Crippen LogP contribution in [0.5, 0.6) is 0 Å². The first-order valence-corrected chi connectivity index (χ1v) is 5.93. The summed E-state index contributed by atoms with van der Waals surface area (Å²) in [6.45, 7) is 0.725. The monoisotopic (exact) mass is 226 g/mol.